The van der Waals surface area contributed by atoms with Crippen molar-refractivity contribution in [3.05, 3.63) is 71.0 Å². The van der Waals surface area contributed by atoms with E-state index in [1.807, 2.05) is 49.4 Å². The van der Waals surface area contributed by atoms with Gasteiger partial charge in [0.2, 0.25) is 0 Å². The quantitative estimate of drug-likeness (QED) is 0.731. The lowest BCUT2D eigenvalue weighted by molar-refractivity contribution is -0.140. The summed E-state index contributed by atoms with van der Waals surface area (Å²) in [4.78, 5) is 10.5. The molecule has 23 heavy (non-hydrogen) atoms. The fourth-order valence-corrected chi connectivity index (χ4v) is 2.42. The Labute approximate surface area is 140 Å². The highest BCUT2D eigenvalue weighted by Gasteiger charge is 2.09. The second kappa shape index (κ2) is 7.70. The standard InChI is InChI=1S/C18H18ClNO3/c1-12-6-5-8-15(19)18(12)20-16-9-4-3-7-14(16)10-13(2)23-11-17(21)22/h3-9,20H,2,10-11H2,1H3,(H,21,22). The number of ether oxygens (including phenoxy) is 1. The van der Waals surface area contributed by atoms with E-state index in [2.05, 4.69) is 11.9 Å². The Morgan fingerprint density at radius 2 is 2.00 bits per heavy atom. The van der Waals surface area contributed by atoms with Crippen LogP contribution in [0.2, 0.25) is 5.02 Å². The van der Waals surface area contributed by atoms with Crippen LogP contribution in [0.4, 0.5) is 11.4 Å². The second-order valence-electron chi connectivity index (χ2n) is 5.11. The molecule has 0 aliphatic heterocycles. The normalized spacial score (nSPS) is 10.2. The Morgan fingerprint density at radius 1 is 1.26 bits per heavy atom. The van der Waals surface area contributed by atoms with Crippen molar-refractivity contribution in [1.29, 1.82) is 0 Å². The van der Waals surface area contributed by atoms with Crippen LogP contribution in [0, 0.1) is 6.92 Å². The lowest BCUT2D eigenvalue weighted by Crippen LogP contribution is -2.08. The van der Waals surface area contributed by atoms with Gasteiger partial charge in [-0.05, 0) is 30.2 Å². The van der Waals surface area contributed by atoms with E-state index >= 15 is 0 Å². The summed E-state index contributed by atoms with van der Waals surface area (Å²) in [6.07, 6.45) is 0.417. The third kappa shape index (κ3) is 4.76. The van der Waals surface area contributed by atoms with Crippen molar-refractivity contribution < 1.29 is 14.6 Å². The summed E-state index contributed by atoms with van der Waals surface area (Å²) >= 11 is 6.25. The highest BCUT2D eigenvalue weighted by atomic mass is 35.5. The molecule has 0 heterocycles. The number of allylic oxidation sites excluding steroid dienone is 1. The van der Waals surface area contributed by atoms with Crippen molar-refractivity contribution in [2.45, 2.75) is 13.3 Å². The van der Waals surface area contributed by atoms with Gasteiger partial charge in [-0.15, -0.1) is 0 Å². The van der Waals surface area contributed by atoms with Crippen LogP contribution in [0.25, 0.3) is 0 Å². The van der Waals surface area contributed by atoms with E-state index in [1.54, 1.807) is 0 Å². The van der Waals surface area contributed by atoms with Crippen LogP contribution >= 0.6 is 11.6 Å². The van der Waals surface area contributed by atoms with Gasteiger partial charge in [0.1, 0.15) is 0 Å². The molecule has 0 saturated heterocycles. The van der Waals surface area contributed by atoms with Crippen molar-refractivity contribution in [3.63, 3.8) is 0 Å². The minimum absolute atomic E-state index is 0.391. The van der Waals surface area contributed by atoms with Gasteiger partial charge in [-0.2, -0.15) is 0 Å². The predicted molar refractivity (Wildman–Crippen MR) is 92.3 cm³/mol. The van der Waals surface area contributed by atoms with E-state index < -0.39 is 12.6 Å². The van der Waals surface area contributed by atoms with Crippen molar-refractivity contribution in [2.24, 2.45) is 0 Å². The Kier molecular flexibility index (Phi) is 5.66. The van der Waals surface area contributed by atoms with Crippen LogP contribution in [0.15, 0.2) is 54.8 Å². The Bertz CT molecular complexity index is 708. The Balaban J connectivity index is 2.18. The van der Waals surface area contributed by atoms with Crippen molar-refractivity contribution in [2.75, 3.05) is 11.9 Å². The minimum Gasteiger partial charge on any atom is -0.487 e. The van der Waals surface area contributed by atoms with Crippen molar-refractivity contribution >= 4 is 28.9 Å². The van der Waals surface area contributed by atoms with Crippen LogP contribution in [0.3, 0.4) is 0 Å². The van der Waals surface area contributed by atoms with Gasteiger partial charge in [0.15, 0.2) is 6.61 Å². The molecule has 2 rings (SSSR count). The summed E-state index contributed by atoms with van der Waals surface area (Å²) in [6, 6.07) is 13.4. The number of hydrogen-bond acceptors (Lipinski definition) is 3. The van der Waals surface area contributed by atoms with Gasteiger partial charge in [-0.3, -0.25) is 0 Å². The number of halogens is 1. The van der Waals surface area contributed by atoms with Crippen LogP contribution < -0.4 is 5.32 Å². The number of aryl methyl sites for hydroxylation is 1. The van der Waals surface area contributed by atoms with E-state index in [4.69, 9.17) is 21.4 Å². The van der Waals surface area contributed by atoms with E-state index in [9.17, 15) is 4.79 Å². The number of nitrogens with one attached hydrogen (secondary N) is 1. The molecule has 0 radical (unpaired) electrons. The molecule has 4 nitrogen and oxygen atoms in total. The summed E-state index contributed by atoms with van der Waals surface area (Å²) in [5.41, 5.74) is 3.71. The number of hydrogen-bond donors (Lipinski definition) is 2. The number of rotatable bonds is 7. The highest BCUT2D eigenvalue weighted by molar-refractivity contribution is 6.33. The average Bonchev–Trinajstić information content (AvgIpc) is 2.50. The number of benzene rings is 2. The maximum atomic E-state index is 10.5. The van der Waals surface area contributed by atoms with Gasteiger partial charge < -0.3 is 15.2 Å². The summed E-state index contributed by atoms with van der Waals surface area (Å²) in [5, 5.41) is 12.6. The number of para-hydroxylation sites is 2. The zero-order valence-corrected chi connectivity index (χ0v) is 13.6. The van der Waals surface area contributed by atoms with Gasteiger partial charge >= 0.3 is 5.97 Å². The van der Waals surface area contributed by atoms with Crippen molar-refractivity contribution in [1.82, 2.24) is 0 Å². The molecule has 0 aliphatic carbocycles. The average molecular weight is 332 g/mol. The van der Waals surface area contributed by atoms with Crippen LogP contribution in [0.1, 0.15) is 11.1 Å². The van der Waals surface area contributed by atoms with Crippen LogP contribution in [0.5, 0.6) is 0 Å². The summed E-state index contributed by atoms with van der Waals surface area (Å²) in [6.45, 7) is 5.35. The third-order valence-corrected chi connectivity index (χ3v) is 3.60. The van der Waals surface area contributed by atoms with Gasteiger partial charge in [0.25, 0.3) is 0 Å². The molecule has 0 aliphatic rings. The van der Waals surface area contributed by atoms with Gasteiger partial charge in [-0.25, -0.2) is 4.79 Å². The predicted octanol–water partition coefficient (Wildman–Crippen LogP) is 4.55. The van der Waals surface area contributed by atoms with Crippen molar-refractivity contribution in [3.8, 4) is 0 Å². The molecule has 5 heteroatoms. The maximum Gasteiger partial charge on any atom is 0.341 e. The van der Waals surface area contributed by atoms with E-state index in [-0.39, 0.29) is 0 Å². The summed E-state index contributed by atoms with van der Waals surface area (Å²) in [7, 11) is 0. The molecule has 0 amide bonds. The number of carbonyl (C=O) groups is 1. The highest BCUT2D eigenvalue weighted by Crippen LogP contribution is 2.30. The number of aliphatic carboxylic acids is 1. The van der Waals surface area contributed by atoms with Crippen LogP contribution in [-0.2, 0) is 16.0 Å². The zero-order chi connectivity index (χ0) is 16.8. The molecule has 0 unspecified atom stereocenters. The monoisotopic (exact) mass is 331 g/mol. The third-order valence-electron chi connectivity index (χ3n) is 3.29. The maximum absolute atomic E-state index is 10.5. The van der Waals surface area contributed by atoms with E-state index in [0.29, 0.717) is 17.2 Å². The molecule has 0 spiro atoms. The minimum atomic E-state index is -1.02. The molecule has 0 aromatic heterocycles. The smallest absolute Gasteiger partial charge is 0.341 e. The lowest BCUT2D eigenvalue weighted by atomic mass is 10.1. The fraction of sp³-hybridized carbons (Fsp3) is 0.167. The number of carboxylic acid groups (broad SMARTS) is 1. The fourth-order valence-electron chi connectivity index (χ4n) is 2.15. The summed E-state index contributed by atoms with van der Waals surface area (Å²) in [5.74, 6) is -0.623. The largest absolute Gasteiger partial charge is 0.487 e. The summed E-state index contributed by atoms with van der Waals surface area (Å²) < 4.78 is 5.11. The first-order valence-corrected chi connectivity index (χ1v) is 7.47. The number of carboxylic acids is 1. The molecule has 0 fully saturated rings. The molecule has 0 bridgehead atoms. The molecule has 2 aromatic carbocycles. The first kappa shape index (κ1) is 16.9. The Hall–Kier alpha value is -2.46. The lowest BCUT2D eigenvalue weighted by Gasteiger charge is -2.16. The molecular weight excluding hydrogens is 314 g/mol. The molecule has 2 N–H and O–H groups in total. The molecule has 0 saturated carbocycles. The van der Waals surface area contributed by atoms with Gasteiger partial charge in [0.05, 0.1) is 16.5 Å². The molecular formula is C18H18ClNO3. The second-order valence-corrected chi connectivity index (χ2v) is 5.52. The van der Waals surface area contributed by atoms with Crippen LogP contribution in [-0.4, -0.2) is 17.7 Å². The molecule has 2 aromatic rings. The number of anilines is 2. The molecule has 120 valence electrons. The first-order chi connectivity index (χ1) is 11.0. The van der Waals surface area contributed by atoms with Gasteiger partial charge in [-0.1, -0.05) is 48.5 Å². The van der Waals surface area contributed by atoms with E-state index in [1.165, 1.54) is 0 Å². The SMILES string of the molecule is C=C(Cc1ccccc1Nc1c(C)cccc1Cl)OCC(=O)O. The van der Waals surface area contributed by atoms with Gasteiger partial charge in [0, 0.05) is 12.1 Å². The Morgan fingerprint density at radius 3 is 2.70 bits per heavy atom. The molecule has 0 atom stereocenters. The van der Waals surface area contributed by atoms with E-state index in [0.717, 1.165) is 22.5 Å². The zero-order valence-electron chi connectivity index (χ0n) is 12.8. The topological polar surface area (TPSA) is 58.6 Å². The first-order valence-electron chi connectivity index (χ1n) is 7.10.